The van der Waals surface area contributed by atoms with Crippen molar-refractivity contribution < 1.29 is 0 Å². The standard InChI is InChI=1S/C16H29N3/c1-3-10-18-16(13-17)9-5-8-15(11-16)19(2)12-14-6-4-7-14/h14-15,18H,3-12H2,1-2H3. The first-order chi connectivity index (χ1) is 9.19. The van der Waals surface area contributed by atoms with Crippen molar-refractivity contribution in [1.29, 1.82) is 5.26 Å². The maximum absolute atomic E-state index is 9.58. The number of hydrogen-bond acceptors (Lipinski definition) is 3. The molecule has 3 nitrogen and oxygen atoms in total. The van der Waals surface area contributed by atoms with Crippen LogP contribution in [0.2, 0.25) is 0 Å². The van der Waals surface area contributed by atoms with Crippen molar-refractivity contribution in [3.63, 3.8) is 0 Å². The minimum Gasteiger partial charge on any atom is -0.303 e. The SMILES string of the molecule is CCCNC1(C#N)CCCC(N(C)CC2CCC2)C1. The number of nitrogens with one attached hydrogen (secondary N) is 1. The Labute approximate surface area is 118 Å². The van der Waals surface area contributed by atoms with Crippen LogP contribution in [0.1, 0.15) is 58.3 Å². The summed E-state index contributed by atoms with van der Waals surface area (Å²) in [6, 6.07) is 3.18. The summed E-state index contributed by atoms with van der Waals surface area (Å²) in [4.78, 5) is 2.53. The molecule has 0 bridgehead atoms. The Morgan fingerprint density at radius 1 is 1.32 bits per heavy atom. The zero-order valence-electron chi connectivity index (χ0n) is 12.6. The average Bonchev–Trinajstić information content (AvgIpc) is 2.40. The maximum Gasteiger partial charge on any atom is 0.108 e. The summed E-state index contributed by atoms with van der Waals surface area (Å²) in [7, 11) is 2.26. The van der Waals surface area contributed by atoms with Gasteiger partial charge in [-0.3, -0.25) is 5.32 Å². The molecule has 0 heterocycles. The van der Waals surface area contributed by atoms with Gasteiger partial charge in [-0.25, -0.2) is 0 Å². The van der Waals surface area contributed by atoms with Crippen LogP contribution < -0.4 is 5.32 Å². The Bertz CT molecular complexity index is 318. The number of hydrogen-bond donors (Lipinski definition) is 1. The molecule has 2 aliphatic rings. The van der Waals surface area contributed by atoms with Crippen molar-refractivity contribution >= 4 is 0 Å². The lowest BCUT2D eigenvalue weighted by atomic mass is 9.78. The van der Waals surface area contributed by atoms with E-state index in [1.165, 1.54) is 38.6 Å². The second kappa shape index (κ2) is 6.72. The van der Waals surface area contributed by atoms with Gasteiger partial charge in [0.15, 0.2) is 0 Å². The first kappa shape index (κ1) is 14.8. The van der Waals surface area contributed by atoms with E-state index >= 15 is 0 Å². The summed E-state index contributed by atoms with van der Waals surface area (Å²) in [5.41, 5.74) is -0.257. The van der Waals surface area contributed by atoms with Crippen molar-refractivity contribution in [2.45, 2.75) is 69.9 Å². The van der Waals surface area contributed by atoms with Crippen LogP contribution in [0.4, 0.5) is 0 Å². The van der Waals surface area contributed by atoms with Gasteiger partial charge in [0.05, 0.1) is 6.07 Å². The zero-order valence-corrected chi connectivity index (χ0v) is 12.6. The van der Waals surface area contributed by atoms with E-state index in [-0.39, 0.29) is 5.54 Å². The van der Waals surface area contributed by atoms with Crippen molar-refractivity contribution in [1.82, 2.24) is 10.2 Å². The van der Waals surface area contributed by atoms with Gasteiger partial charge in [0.2, 0.25) is 0 Å². The largest absolute Gasteiger partial charge is 0.303 e. The van der Waals surface area contributed by atoms with Gasteiger partial charge in [0.1, 0.15) is 5.54 Å². The quantitative estimate of drug-likeness (QED) is 0.801. The zero-order chi connectivity index (χ0) is 13.7. The molecule has 0 aromatic carbocycles. The van der Waals surface area contributed by atoms with E-state index in [4.69, 9.17) is 0 Å². The molecule has 0 aromatic rings. The second-order valence-electron chi connectivity index (χ2n) is 6.61. The third-order valence-corrected chi connectivity index (χ3v) is 5.05. The monoisotopic (exact) mass is 263 g/mol. The van der Waals surface area contributed by atoms with Gasteiger partial charge in [-0.1, -0.05) is 13.3 Å². The minimum atomic E-state index is -0.257. The van der Waals surface area contributed by atoms with Crippen LogP contribution in [0.5, 0.6) is 0 Å². The number of nitrogens with zero attached hydrogens (tertiary/aromatic N) is 2. The maximum atomic E-state index is 9.58. The molecule has 2 aliphatic carbocycles. The predicted molar refractivity (Wildman–Crippen MR) is 78.9 cm³/mol. The molecular weight excluding hydrogens is 234 g/mol. The third-order valence-electron chi connectivity index (χ3n) is 5.05. The van der Waals surface area contributed by atoms with Crippen LogP contribution >= 0.6 is 0 Å². The van der Waals surface area contributed by atoms with Crippen molar-refractivity contribution in [2.24, 2.45) is 5.92 Å². The molecule has 2 atom stereocenters. The van der Waals surface area contributed by atoms with E-state index < -0.39 is 0 Å². The highest BCUT2D eigenvalue weighted by atomic mass is 15.1. The highest BCUT2D eigenvalue weighted by Gasteiger charge is 2.37. The normalized spacial score (nSPS) is 32.0. The molecule has 0 saturated heterocycles. The fourth-order valence-electron chi connectivity index (χ4n) is 3.52. The molecule has 0 aliphatic heterocycles. The molecule has 108 valence electrons. The molecule has 0 aromatic heterocycles. The summed E-state index contributed by atoms with van der Waals surface area (Å²) in [6.07, 6.45) is 9.83. The van der Waals surface area contributed by atoms with Crippen molar-refractivity contribution in [3.05, 3.63) is 0 Å². The second-order valence-corrected chi connectivity index (χ2v) is 6.61. The van der Waals surface area contributed by atoms with E-state index in [2.05, 4.69) is 30.3 Å². The highest BCUT2D eigenvalue weighted by molar-refractivity contribution is 5.11. The molecule has 2 fully saturated rings. The molecule has 2 saturated carbocycles. The Morgan fingerprint density at radius 3 is 2.68 bits per heavy atom. The summed E-state index contributed by atoms with van der Waals surface area (Å²) < 4.78 is 0. The number of nitriles is 1. The summed E-state index contributed by atoms with van der Waals surface area (Å²) >= 11 is 0. The molecule has 2 unspecified atom stereocenters. The highest BCUT2D eigenvalue weighted by Crippen LogP contribution is 2.33. The Hall–Kier alpha value is -0.590. The van der Waals surface area contributed by atoms with Crippen LogP contribution in [0.3, 0.4) is 0 Å². The lowest BCUT2D eigenvalue weighted by Gasteiger charge is -2.42. The van der Waals surface area contributed by atoms with Crippen LogP contribution in [0.15, 0.2) is 0 Å². The predicted octanol–water partition coefficient (Wildman–Crippen LogP) is 2.92. The van der Waals surface area contributed by atoms with Crippen LogP contribution in [-0.4, -0.2) is 36.6 Å². The molecule has 3 heteroatoms. The molecule has 0 spiro atoms. The van der Waals surface area contributed by atoms with Gasteiger partial charge in [-0.05, 0) is 64.5 Å². The molecule has 0 amide bonds. The Kier molecular flexibility index (Phi) is 5.24. The fourth-order valence-corrected chi connectivity index (χ4v) is 3.52. The van der Waals surface area contributed by atoms with E-state index in [1.807, 2.05) is 0 Å². The van der Waals surface area contributed by atoms with Gasteiger partial charge in [0, 0.05) is 12.6 Å². The minimum absolute atomic E-state index is 0.257. The van der Waals surface area contributed by atoms with Gasteiger partial charge in [-0.2, -0.15) is 5.26 Å². The molecule has 2 rings (SSSR count). The van der Waals surface area contributed by atoms with E-state index in [9.17, 15) is 5.26 Å². The first-order valence-electron chi connectivity index (χ1n) is 8.05. The summed E-state index contributed by atoms with van der Waals surface area (Å²) in [5.74, 6) is 0.923. The summed E-state index contributed by atoms with van der Waals surface area (Å²) in [6.45, 7) is 4.37. The smallest absolute Gasteiger partial charge is 0.108 e. The van der Waals surface area contributed by atoms with E-state index in [0.29, 0.717) is 6.04 Å². The van der Waals surface area contributed by atoms with E-state index in [1.54, 1.807) is 0 Å². The summed E-state index contributed by atoms with van der Waals surface area (Å²) in [5, 5.41) is 13.1. The van der Waals surface area contributed by atoms with Crippen LogP contribution in [0.25, 0.3) is 0 Å². The van der Waals surface area contributed by atoms with Gasteiger partial charge in [0.25, 0.3) is 0 Å². The number of rotatable bonds is 6. The topological polar surface area (TPSA) is 39.1 Å². The Morgan fingerprint density at radius 2 is 2.11 bits per heavy atom. The fraction of sp³-hybridized carbons (Fsp3) is 0.938. The third kappa shape index (κ3) is 3.70. The molecule has 0 radical (unpaired) electrons. The van der Waals surface area contributed by atoms with Gasteiger partial charge in [-0.15, -0.1) is 0 Å². The first-order valence-corrected chi connectivity index (χ1v) is 8.05. The average molecular weight is 263 g/mol. The lowest BCUT2D eigenvalue weighted by Crippen LogP contribution is -2.53. The van der Waals surface area contributed by atoms with Crippen LogP contribution in [-0.2, 0) is 0 Å². The van der Waals surface area contributed by atoms with Crippen molar-refractivity contribution in [3.8, 4) is 6.07 Å². The molecular formula is C16H29N3. The molecule has 1 N–H and O–H groups in total. The van der Waals surface area contributed by atoms with Gasteiger partial charge < -0.3 is 4.90 Å². The van der Waals surface area contributed by atoms with Crippen LogP contribution in [0, 0.1) is 17.2 Å². The molecule has 19 heavy (non-hydrogen) atoms. The van der Waals surface area contributed by atoms with Gasteiger partial charge >= 0.3 is 0 Å². The van der Waals surface area contributed by atoms with E-state index in [0.717, 1.165) is 31.7 Å². The van der Waals surface area contributed by atoms with Crippen molar-refractivity contribution in [2.75, 3.05) is 20.1 Å². The lowest BCUT2D eigenvalue weighted by molar-refractivity contribution is 0.109. The Balaban J connectivity index is 1.88.